The summed E-state index contributed by atoms with van der Waals surface area (Å²) in [7, 11) is 4.15. The Morgan fingerprint density at radius 2 is 1.76 bits per heavy atom. The van der Waals surface area contributed by atoms with E-state index in [-0.39, 0.29) is 11.6 Å². The third-order valence-corrected chi connectivity index (χ3v) is 4.12. The quantitative estimate of drug-likeness (QED) is 0.466. The van der Waals surface area contributed by atoms with Crippen LogP contribution in [0.25, 0.3) is 0 Å². The van der Waals surface area contributed by atoms with Crippen LogP contribution >= 0.6 is 0 Å². The highest BCUT2D eigenvalue weighted by Gasteiger charge is 2.35. The van der Waals surface area contributed by atoms with Crippen LogP contribution in [0, 0.1) is 0 Å². The van der Waals surface area contributed by atoms with Crippen LogP contribution < -0.4 is 0 Å². The molecule has 0 aliphatic heterocycles. The molecule has 0 spiro atoms. The molecular formula is C15H31NO. The van der Waals surface area contributed by atoms with Crippen molar-refractivity contribution in [2.24, 2.45) is 0 Å². The first kappa shape index (κ1) is 16.7. The second kappa shape index (κ2) is 8.71. The summed E-state index contributed by atoms with van der Waals surface area (Å²) in [6.45, 7) is 8.07. The molecule has 0 heterocycles. The maximum atomic E-state index is 10.4. The highest BCUT2D eigenvalue weighted by atomic mass is 16.3. The molecule has 0 aliphatic carbocycles. The van der Waals surface area contributed by atoms with Crippen molar-refractivity contribution in [2.45, 2.75) is 70.4 Å². The van der Waals surface area contributed by atoms with Crippen LogP contribution in [0.3, 0.4) is 0 Å². The minimum Gasteiger partial charge on any atom is -0.391 e. The molecule has 0 aromatic rings. The zero-order chi connectivity index (χ0) is 13.3. The predicted octanol–water partition coefficient (Wildman–Crippen LogP) is 3.60. The minimum absolute atomic E-state index is 0.0432. The van der Waals surface area contributed by atoms with Crippen molar-refractivity contribution in [3.8, 4) is 0 Å². The van der Waals surface area contributed by atoms with Crippen LogP contribution in [0.5, 0.6) is 0 Å². The first-order valence-electron chi connectivity index (χ1n) is 7.01. The Bertz CT molecular complexity index is 197. The van der Waals surface area contributed by atoms with Gasteiger partial charge in [-0.25, -0.2) is 0 Å². The lowest BCUT2D eigenvalue weighted by atomic mass is 9.82. The zero-order valence-corrected chi connectivity index (χ0v) is 12.2. The Hall–Kier alpha value is -0.340. The summed E-state index contributed by atoms with van der Waals surface area (Å²) in [5.41, 5.74) is -0.0432. The van der Waals surface area contributed by atoms with Gasteiger partial charge in [0.2, 0.25) is 0 Å². The summed E-state index contributed by atoms with van der Waals surface area (Å²) in [6, 6.07) is 0. The van der Waals surface area contributed by atoms with Crippen molar-refractivity contribution in [1.29, 1.82) is 0 Å². The molecule has 0 amide bonds. The number of aliphatic hydroxyl groups is 1. The van der Waals surface area contributed by atoms with E-state index in [2.05, 4.69) is 39.4 Å². The fourth-order valence-electron chi connectivity index (χ4n) is 2.72. The predicted molar refractivity (Wildman–Crippen MR) is 76.3 cm³/mol. The van der Waals surface area contributed by atoms with E-state index in [4.69, 9.17) is 0 Å². The molecule has 17 heavy (non-hydrogen) atoms. The summed E-state index contributed by atoms with van der Waals surface area (Å²) < 4.78 is 0. The first-order chi connectivity index (χ1) is 8.05. The molecule has 2 nitrogen and oxygen atoms in total. The van der Waals surface area contributed by atoms with Gasteiger partial charge in [-0.1, -0.05) is 32.8 Å². The first-order valence-corrected chi connectivity index (χ1v) is 7.01. The van der Waals surface area contributed by atoms with E-state index in [1.807, 2.05) is 6.08 Å². The minimum atomic E-state index is -0.212. The average molecular weight is 241 g/mol. The van der Waals surface area contributed by atoms with Crippen molar-refractivity contribution in [2.75, 3.05) is 14.1 Å². The van der Waals surface area contributed by atoms with Crippen LogP contribution in [0.1, 0.15) is 58.8 Å². The van der Waals surface area contributed by atoms with Gasteiger partial charge in [-0.2, -0.15) is 0 Å². The van der Waals surface area contributed by atoms with E-state index in [1.165, 1.54) is 12.8 Å². The summed E-state index contributed by atoms with van der Waals surface area (Å²) in [5.74, 6) is 0. The van der Waals surface area contributed by atoms with Crippen LogP contribution in [0.15, 0.2) is 12.7 Å². The van der Waals surface area contributed by atoms with Crippen LogP contribution in [-0.2, 0) is 0 Å². The lowest BCUT2D eigenvalue weighted by Crippen LogP contribution is -2.52. The van der Waals surface area contributed by atoms with Gasteiger partial charge < -0.3 is 10.0 Å². The standard InChI is InChI=1S/C15H31NO/c1-6-9-10-11-12-13-14(17)15(7-2,8-3)16(4)5/h6,14,17H,1,7-13H2,2-5H3. The van der Waals surface area contributed by atoms with Gasteiger partial charge in [0.05, 0.1) is 6.10 Å². The molecule has 1 atom stereocenters. The zero-order valence-electron chi connectivity index (χ0n) is 12.2. The van der Waals surface area contributed by atoms with Crippen molar-refractivity contribution in [3.63, 3.8) is 0 Å². The highest BCUT2D eigenvalue weighted by Crippen LogP contribution is 2.28. The van der Waals surface area contributed by atoms with Gasteiger partial charge in [-0.15, -0.1) is 6.58 Å². The maximum absolute atomic E-state index is 10.4. The van der Waals surface area contributed by atoms with Gasteiger partial charge in [0.1, 0.15) is 0 Å². The third kappa shape index (κ3) is 4.81. The van der Waals surface area contributed by atoms with E-state index >= 15 is 0 Å². The average Bonchev–Trinajstić information content (AvgIpc) is 2.30. The third-order valence-electron chi connectivity index (χ3n) is 4.12. The summed E-state index contributed by atoms with van der Waals surface area (Å²) in [6.07, 6.45) is 9.28. The summed E-state index contributed by atoms with van der Waals surface area (Å²) in [5, 5.41) is 10.4. The van der Waals surface area contributed by atoms with Crippen molar-refractivity contribution < 1.29 is 5.11 Å². The smallest absolute Gasteiger partial charge is 0.0723 e. The molecule has 0 saturated heterocycles. The topological polar surface area (TPSA) is 23.5 Å². The van der Waals surface area contributed by atoms with Gasteiger partial charge in [-0.3, -0.25) is 0 Å². The van der Waals surface area contributed by atoms with Gasteiger partial charge in [0.15, 0.2) is 0 Å². The van der Waals surface area contributed by atoms with Crippen molar-refractivity contribution in [3.05, 3.63) is 12.7 Å². The summed E-state index contributed by atoms with van der Waals surface area (Å²) >= 11 is 0. The van der Waals surface area contributed by atoms with E-state index in [0.717, 1.165) is 32.1 Å². The lowest BCUT2D eigenvalue weighted by Gasteiger charge is -2.42. The Morgan fingerprint density at radius 3 is 2.18 bits per heavy atom. The Morgan fingerprint density at radius 1 is 1.18 bits per heavy atom. The molecule has 2 heteroatoms. The molecule has 0 aliphatic rings. The molecule has 0 aromatic heterocycles. The SMILES string of the molecule is C=CCCCCCC(O)C(CC)(CC)N(C)C. The largest absolute Gasteiger partial charge is 0.391 e. The molecule has 102 valence electrons. The van der Waals surface area contributed by atoms with Crippen LogP contribution in [0.2, 0.25) is 0 Å². The van der Waals surface area contributed by atoms with Crippen molar-refractivity contribution in [1.82, 2.24) is 4.90 Å². The number of allylic oxidation sites excluding steroid dienone is 1. The Balaban J connectivity index is 4.15. The summed E-state index contributed by atoms with van der Waals surface area (Å²) in [4.78, 5) is 2.20. The molecule has 0 rings (SSSR count). The number of hydrogen-bond donors (Lipinski definition) is 1. The molecule has 0 bridgehead atoms. The second-order valence-electron chi connectivity index (χ2n) is 5.15. The number of unbranched alkanes of at least 4 members (excludes halogenated alkanes) is 3. The van der Waals surface area contributed by atoms with E-state index < -0.39 is 0 Å². The van der Waals surface area contributed by atoms with E-state index in [1.54, 1.807) is 0 Å². The fraction of sp³-hybridized carbons (Fsp3) is 0.867. The van der Waals surface area contributed by atoms with Crippen LogP contribution in [-0.4, -0.2) is 35.7 Å². The van der Waals surface area contributed by atoms with Gasteiger partial charge in [-0.05, 0) is 46.2 Å². The van der Waals surface area contributed by atoms with Gasteiger partial charge in [0.25, 0.3) is 0 Å². The Labute approximate surface area is 108 Å². The maximum Gasteiger partial charge on any atom is 0.0723 e. The van der Waals surface area contributed by atoms with E-state index in [0.29, 0.717) is 0 Å². The van der Waals surface area contributed by atoms with Gasteiger partial charge >= 0.3 is 0 Å². The monoisotopic (exact) mass is 241 g/mol. The molecule has 0 radical (unpaired) electrons. The van der Waals surface area contributed by atoms with Crippen LogP contribution in [0.4, 0.5) is 0 Å². The van der Waals surface area contributed by atoms with Crippen molar-refractivity contribution >= 4 is 0 Å². The molecule has 1 N–H and O–H groups in total. The molecule has 0 fully saturated rings. The van der Waals surface area contributed by atoms with E-state index in [9.17, 15) is 5.11 Å². The number of rotatable bonds is 10. The normalized spacial score (nSPS) is 14.0. The van der Waals surface area contributed by atoms with Gasteiger partial charge in [0, 0.05) is 5.54 Å². The number of aliphatic hydroxyl groups excluding tert-OH is 1. The number of likely N-dealkylation sites (N-methyl/N-ethyl adjacent to an activating group) is 1. The number of nitrogens with zero attached hydrogens (tertiary/aromatic N) is 1. The fourth-order valence-corrected chi connectivity index (χ4v) is 2.72. The molecule has 0 saturated carbocycles. The number of hydrogen-bond acceptors (Lipinski definition) is 2. The molecule has 1 unspecified atom stereocenters. The second-order valence-corrected chi connectivity index (χ2v) is 5.15. The highest BCUT2D eigenvalue weighted by molar-refractivity contribution is 4.92. The lowest BCUT2D eigenvalue weighted by molar-refractivity contribution is -0.0188. The molecular weight excluding hydrogens is 210 g/mol. The molecule has 0 aromatic carbocycles. The Kier molecular flexibility index (Phi) is 8.53.